The number of morpholine rings is 1. The Balaban J connectivity index is 1.95. The number of anilines is 1. The van der Waals surface area contributed by atoms with Crippen molar-refractivity contribution in [2.45, 2.75) is 58.7 Å². The molecule has 0 aromatic carbocycles. The minimum absolute atomic E-state index is 0.130. The molecule has 0 spiro atoms. The van der Waals surface area contributed by atoms with Crippen molar-refractivity contribution in [2.75, 3.05) is 25.0 Å². The van der Waals surface area contributed by atoms with Crippen LogP contribution in [0.4, 0.5) is 10.6 Å². The zero-order chi connectivity index (χ0) is 18.8. The van der Waals surface area contributed by atoms with Crippen molar-refractivity contribution >= 4 is 17.8 Å². The van der Waals surface area contributed by atoms with Gasteiger partial charge in [-0.3, -0.25) is 4.79 Å². The highest BCUT2D eigenvalue weighted by Gasteiger charge is 2.32. The zero-order valence-electron chi connectivity index (χ0n) is 15.7. The Hall–Kier alpha value is -2.09. The van der Waals surface area contributed by atoms with Gasteiger partial charge in [-0.2, -0.15) is 0 Å². The third kappa shape index (κ3) is 5.45. The van der Waals surface area contributed by atoms with Gasteiger partial charge in [-0.1, -0.05) is 25.9 Å². The van der Waals surface area contributed by atoms with E-state index in [1.807, 2.05) is 20.8 Å². The lowest BCUT2D eigenvalue weighted by Crippen LogP contribution is -2.51. The summed E-state index contributed by atoms with van der Waals surface area (Å²) in [5.41, 5.74) is -0.790. The molecule has 1 N–H and O–H groups in total. The summed E-state index contributed by atoms with van der Waals surface area (Å²) in [6, 6.07) is 1.69. The van der Waals surface area contributed by atoms with Crippen molar-refractivity contribution in [2.24, 2.45) is 0 Å². The number of amides is 2. The fourth-order valence-corrected chi connectivity index (χ4v) is 2.19. The Morgan fingerprint density at radius 2 is 1.96 bits per heavy atom. The number of aromatic nitrogens is 1. The number of ether oxygens (including phenoxy) is 2. The third-order valence-corrected chi connectivity index (χ3v) is 3.51. The third-order valence-electron chi connectivity index (χ3n) is 3.51. The van der Waals surface area contributed by atoms with Crippen molar-refractivity contribution in [3.8, 4) is 0 Å². The fraction of sp³-hybridized carbons (Fsp3) is 0.706. The molecule has 0 aliphatic carbocycles. The lowest BCUT2D eigenvalue weighted by molar-refractivity contribution is -0.132. The largest absolute Gasteiger partial charge is 0.444 e. The van der Waals surface area contributed by atoms with E-state index in [1.165, 1.54) is 4.90 Å². The predicted molar refractivity (Wildman–Crippen MR) is 91.4 cm³/mol. The quantitative estimate of drug-likeness (QED) is 0.878. The highest BCUT2D eigenvalue weighted by molar-refractivity contribution is 5.93. The van der Waals surface area contributed by atoms with Crippen LogP contribution in [0.3, 0.4) is 0 Å². The molecule has 1 fully saturated rings. The summed E-state index contributed by atoms with van der Waals surface area (Å²) in [4.78, 5) is 26.0. The molecular formula is C17H27N3O5. The summed E-state index contributed by atoms with van der Waals surface area (Å²) in [5.74, 6) is 0.623. The molecule has 25 heavy (non-hydrogen) atoms. The van der Waals surface area contributed by atoms with E-state index < -0.39 is 17.8 Å². The van der Waals surface area contributed by atoms with Crippen molar-refractivity contribution in [3.63, 3.8) is 0 Å². The maximum atomic E-state index is 12.4. The number of hydrogen-bond acceptors (Lipinski definition) is 6. The second kappa shape index (κ2) is 7.03. The fourth-order valence-electron chi connectivity index (χ4n) is 2.19. The SMILES string of the molecule is CC(C)(C)OC(=O)N1CCOC(C(=O)Nc2cc(C(C)(C)C)on2)C1. The van der Waals surface area contributed by atoms with E-state index in [2.05, 4.69) is 10.5 Å². The number of nitrogens with one attached hydrogen (secondary N) is 1. The highest BCUT2D eigenvalue weighted by atomic mass is 16.6. The van der Waals surface area contributed by atoms with E-state index in [9.17, 15) is 9.59 Å². The lowest BCUT2D eigenvalue weighted by atomic mass is 9.93. The Morgan fingerprint density at radius 1 is 1.28 bits per heavy atom. The van der Waals surface area contributed by atoms with Gasteiger partial charge in [0.1, 0.15) is 11.4 Å². The Labute approximate surface area is 147 Å². The van der Waals surface area contributed by atoms with Gasteiger partial charge < -0.3 is 24.2 Å². The molecule has 1 saturated heterocycles. The van der Waals surface area contributed by atoms with Crippen molar-refractivity contribution in [1.82, 2.24) is 10.1 Å². The molecule has 0 radical (unpaired) electrons. The van der Waals surface area contributed by atoms with Crippen molar-refractivity contribution in [1.29, 1.82) is 0 Å². The second-order valence-corrected chi connectivity index (χ2v) is 8.10. The average molecular weight is 353 g/mol. The molecule has 1 aliphatic rings. The Bertz CT molecular complexity index is 627. The van der Waals surface area contributed by atoms with E-state index in [0.29, 0.717) is 18.1 Å². The van der Waals surface area contributed by atoms with Crippen LogP contribution in [0.1, 0.15) is 47.3 Å². The average Bonchev–Trinajstić information content (AvgIpc) is 2.94. The molecule has 1 aromatic heterocycles. The molecule has 2 rings (SSSR count). The minimum Gasteiger partial charge on any atom is -0.444 e. The van der Waals surface area contributed by atoms with E-state index in [-0.39, 0.29) is 24.5 Å². The van der Waals surface area contributed by atoms with E-state index in [1.54, 1.807) is 26.8 Å². The summed E-state index contributed by atoms with van der Waals surface area (Å²) < 4.78 is 16.1. The standard InChI is InChI=1S/C17H27N3O5/c1-16(2,3)12-9-13(19-25-12)18-14(21)11-10-20(7-8-23-11)15(22)24-17(4,5)6/h9,11H,7-8,10H2,1-6H3,(H,18,19,21). The van der Waals surface area contributed by atoms with Crippen LogP contribution in [0, 0.1) is 0 Å². The van der Waals surface area contributed by atoms with Crippen LogP contribution in [0.2, 0.25) is 0 Å². The van der Waals surface area contributed by atoms with Gasteiger partial charge in [0.15, 0.2) is 11.9 Å². The molecule has 1 atom stereocenters. The summed E-state index contributed by atoms with van der Waals surface area (Å²) in [7, 11) is 0. The van der Waals surface area contributed by atoms with Gasteiger partial charge in [0.25, 0.3) is 5.91 Å². The first-order valence-corrected chi connectivity index (χ1v) is 8.33. The molecule has 0 bridgehead atoms. The smallest absolute Gasteiger partial charge is 0.410 e. The van der Waals surface area contributed by atoms with E-state index >= 15 is 0 Å². The molecule has 140 valence electrons. The molecule has 1 unspecified atom stereocenters. The first-order valence-electron chi connectivity index (χ1n) is 8.33. The highest BCUT2D eigenvalue weighted by Crippen LogP contribution is 2.24. The Morgan fingerprint density at radius 3 is 2.52 bits per heavy atom. The predicted octanol–water partition coefficient (Wildman–Crippen LogP) is 2.55. The molecule has 8 heteroatoms. The number of hydrogen-bond donors (Lipinski definition) is 1. The van der Waals surface area contributed by atoms with Gasteiger partial charge in [0.05, 0.1) is 13.2 Å². The van der Waals surface area contributed by atoms with Gasteiger partial charge in [0.2, 0.25) is 0 Å². The van der Waals surface area contributed by atoms with Crippen LogP contribution in [0.5, 0.6) is 0 Å². The monoisotopic (exact) mass is 353 g/mol. The topological polar surface area (TPSA) is 93.9 Å². The Kier molecular flexibility index (Phi) is 5.41. The van der Waals surface area contributed by atoms with Gasteiger partial charge >= 0.3 is 6.09 Å². The van der Waals surface area contributed by atoms with Gasteiger partial charge in [-0.15, -0.1) is 0 Å². The van der Waals surface area contributed by atoms with Crippen LogP contribution < -0.4 is 5.32 Å². The summed E-state index contributed by atoms with van der Waals surface area (Å²) >= 11 is 0. The van der Waals surface area contributed by atoms with E-state index in [0.717, 1.165) is 0 Å². The maximum absolute atomic E-state index is 12.4. The van der Waals surface area contributed by atoms with Gasteiger partial charge in [-0.25, -0.2) is 4.79 Å². The normalized spacial score (nSPS) is 18.8. The van der Waals surface area contributed by atoms with Crippen LogP contribution in [-0.4, -0.2) is 53.5 Å². The summed E-state index contributed by atoms with van der Waals surface area (Å²) in [6.07, 6.45) is -1.24. The van der Waals surface area contributed by atoms with Crippen molar-refractivity contribution < 1.29 is 23.6 Å². The number of carbonyl (C=O) groups excluding carboxylic acids is 2. The first-order chi connectivity index (χ1) is 11.5. The zero-order valence-corrected chi connectivity index (χ0v) is 15.7. The first kappa shape index (κ1) is 19.2. The molecular weight excluding hydrogens is 326 g/mol. The number of rotatable bonds is 2. The second-order valence-electron chi connectivity index (χ2n) is 8.10. The van der Waals surface area contributed by atoms with Gasteiger partial charge in [-0.05, 0) is 20.8 Å². The molecule has 0 saturated carbocycles. The van der Waals surface area contributed by atoms with Crippen molar-refractivity contribution in [3.05, 3.63) is 11.8 Å². The minimum atomic E-state index is -0.781. The van der Waals surface area contributed by atoms with Gasteiger partial charge in [0, 0.05) is 18.0 Å². The van der Waals surface area contributed by atoms with Crippen LogP contribution in [0.25, 0.3) is 0 Å². The molecule has 8 nitrogen and oxygen atoms in total. The lowest BCUT2D eigenvalue weighted by Gasteiger charge is -2.33. The number of nitrogens with zero attached hydrogens (tertiary/aromatic N) is 2. The van der Waals surface area contributed by atoms with Crippen LogP contribution in [-0.2, 0) is 19.7 Å². The summed E-state index contributed by atoms with van der Waals surface area (Å²) in [5, 5.41) is 6.52. The number of carbonyl (C=O) groups is 2. The van der Waals surface area contributed by atoms with E-state index in [4.69, 9.17) is 14.0 Å². The molecule has 2 heterocycles. The summed E-state index contributed by atoms with van der Waals surface area (Å²) in [6.45, 7) is 12.1. The molecule has 1 aliphatic heterocycles. The molecule has 2 amide bonds. The van der Waals surface area contributed by atoms with Crippen LogP contribution >= 0.6 is 0 Å². The molecule has 1 aromatic rings. The van der Waals surface area contributed by atoms with Crippen LogP contribution in [0.15, 0.2) is 10.6 Å². The maximum Gasteiger partial charge on any atom is 0.410 e.